The maximum atomic E-state index is 13.3. The average molecular weight is 459 g/mol. The standard InChI is InChI=1S/C22H24F3N7O/c23-22(24,25)15-9-14(11-29-19(15)26)16-10-17-21(33-8-7-32(17)30-16)3-6-31(12-21)18(13-1-2-13)20-27-4-5-28-20/h4-5,9-11,13,18H,1-3,6-8,12H2,(H2,26,29)(H,27,28)/t18-,21-/m0/s1. The van der Waals surface area contributed by atoms with Crippen LogP contribution in [-0.2, 0) is 23.1 Å². The first-order valence-corrected chi connectivity index (χ1v) is 11.1. The molecular formula is C22H24F3N7O. The van der Waals surface area contributed by atoms with Crippen molar-refractivity contribution in [2.24, 2.45) is 5.92 Å². The Kier molecular flexibility index (Phi) is 4.57. The van der Waals surface area contributed by atoms with Crippen LogP contribution in [0.25, 0.3) is 11.3 Å². The number of hydrogen-bond donors (Lipinski definition) is 2. The van der Waals surface area contributed by atoms with E-state index in [-0.39, 0.29) is 11.6 Å². The predicted octanol–water partition coefficient (Wildman–Crippen LogP) is 3.35. The number of nitrogens with two attached hydrogens (primary N) is 1. The van der Waals surface area contributed by atoms with E-state index in [1.54, 1.807) is 6.20 Å². The predicted molar refractivity (Wildman–Crippen MR) is 113 cm³/mol. The molecule has 5 heterocycles. The summed E-state index contributed by atoms with van der Waals surface area (Å²) in [6.07, 6.45) is 3.55. The first-order valence-electron chi connectivity index (χ1n) is 11.1. The Bertz CT molecular complexity index is 1170. The number of alkyl halides is 3. The van der Waals surface area contributed by atoms with Crippen LogP contribution < -0.4 is 5.73 Å². The van der Waals surface area contributed by atoms with Crippen molar-refractivity contribution < 1.29 is 17.9 Å². The lowest BCUT2D eigenvalue weighted by molar-refractivity contribution is -0.137. The lowest BCUT2D eigenvalue weighted by atomic mass is 9.96. The number of fused-ring (bicyclic) bond motifs is 2. The molecule has 1 spiro atoms. The number of anilines is 1. The quantitative estimate of drug-likeness (QED) is 0.621. The van der Waals surface area contributed by atoms with Gasteiger partial charge in [-0.2, -0.15) is 18.3 Å². The number of imidazole rings is 1. The van der Waals surface area contributed by atoms with Crippen LogP contribution in [0.2, 0.25) is 0 Å². The van der Waals surface area contributed by atoms with Gasteiger partial charge in [-0.05, 0) is 37.3 Å². The number of aromatic amines is 1. The molecule has 3 N–H and O–H groups in total. The molecule has 33 heavy (non-hydrogen) atoms. The van der Waals surface area contributed by atoms with Gasteiger partial charge in [0.2, 0.25) is 0 Å². The molecule has 1 aliphatic carbocycles. The van der Waals surface area contributed by atoms with E-state index in [0.29, 0.717) is 31.3 Å². The summed E-state index contributed by atoms with van der Waals surface area (Å²) >= 11 is 0. The zero-order chi connectivity index (χ0) is 22.8. The highest BCUT2D eigenvalue weighted by Crippen LogP contribution is 2.49. The number of hydrogen-bond acceptors (Lipinski definition) is 6. The van der Waals surface area contributed by atoms with E-state index in [2.05, 4.69) is 25.0 Å². The SMILES string of the molecule is Nc1ncc(-c2cc3n(n2)CCO[C@]32CCN([C@H](c3ncc[nH]3)C3CC3)C2)cc1C(F)(F)F. The van der Waals surface area contributed by atoms with Crippen LogP contribution >= 0.6 is 0 Å². The molecule has 174 valence electrons. The van der Waals surface area contributed by atoms with Crippen LogP contribution in [0.3, 0.4) is 0 Å². The summed E-state index contributed by atoms with van der Waals surface area (Å²) in [4.78, 5) is 14.0. The van der Waals surface area contributed by atoms with Crippen LogP contribution in [0.4, 0.5) is 19.0 Å². The molecule has 0 radical (unpaired) electrons. The topological polar surface area (TPSA) is 97.9 Å². The van der Waals surface area contributed by atoms with Gasteiger partial charge >= 0.3 is 6.18 Å². The van der Waals surface area contributed by atoms with Crippen molar-refractivity contribution in [1.82, 2.24) is 29.6 Å². The average Bonchev–Trinajstić information content (AvgIpc) is 3.16. The van der Waals surface area contributed by atoms with Gasteiger partial charge in [-0.25, -0.2) is 9.97 Å². The summed E-state index contributed by atoms with van der Waals surface area (Å²) in [6.45, 7) is 2.60. The minimum Gasteiger partial charge on any atom is -0.383 e. The summed E-state index contributed by atoms with van der Waals surface area (Å²) in [6, 6.07) is 3.08. The third kappa shape index (κ3) is 3.50. The van der Waals surface area contributed by atoms with Crippen LogP contribution in [0.15, 0.2) is 30.7 Å². The number of H-pyrrole nitrogens is 1. The molecule has 3 aromatic rings. The maximum Gasteiger partial charge on any atom is 0.419 e. The van der Waals surface area contributed by atoms with E-state index >= 15 is 0 Å². The molecule has 3 aliphatic rings. The molecule has 0 amide bonds. The second-order valence-electron chi connectivity index (χ2n) is 9.11. The van der Waals surface area contributed by atoms with Gasteiger partial charge in [0.15, 0.2) is 0 Å². The fraction of sp³-hybridized carbons (Fsp3) is 0.500. The van der Waals surface area contributed by atoms with Gasteiger partial charge in [0, 0.05) is 37.2 Å². The van der Waals surface area contributed by atoms with Crippen molar-refractivity contribution in [3.05, 3.63) is 47.8 Å². The highest BCUT2D eigenvalue weighted by molar-refractivity contribution is 5.63. The van der Waals surface area contributed by atoms with E-state index in [1.807, 2.05) is 16.9 Å². The van der Waals surface area contributed by atoms with E-state index in [0.717, 1.165) is 30.6 Å². The molecule has 1 saturated heterocycles. The third-order valence-corrected chi connectivity index (χ3v) is 6.97. The number of ether oxygens (including phenoxy) is 1. The zero-order valence-corrected chi connectivity index (χ0v) is 17.8. The zero-order valence-electron chi connectivity index (χ0n) is 17.8. The molecule has 2 aliphatic heterocycles. The largest absolute Gasteiger partial charge is 0.419 e. The number of nitrogens with zero attached hydrogens (tertiary/aromatic N) is 5. The van der Waals surface area contributed by atoms with Gasteiger partial charge in [0.25, 0.3) is 0 Å². The van der Waals surface area contributed by atoms with Crippen LogP contribution in [0.1, 0.15) is 42.4 Å². The highest BCUT2D eigenvalue weighted by Gasteiger charge is 2.50. The van der Waals surface area contributed by atoms with Crippen molar-refractivity contribution in [2.75, 3.05) is 25.4 Å². The lowest BCUT2D eigenvalue weighted by Crippen LogP contribution is -2.41. The number of likely N-dealkylation sites (tertiary alicyclic amines) is 1. The summed E-state index contributed by atoms with van der Waals surface area (Å²) in [5, 5.41) is 4.61. The summed E-state index contributed by atoms with van der Waals surface area (Å²) < 4.78 is 48.2. The second kappa shape index (κ2) is 7.29. The minimum atomic E-state index is -4.58. The van der Waals surface area contributed by atoms with Crippen molar-refractivity contribution in [3.8, 4) is 11.3 Å². The molecule has 11 heteroatoms. The smallest absolute Gasteiger partial charge is 0.383 e. The fourth-order valence-corrected chi connectivity index (χ4v) is 5.26. The maximum absolute atomic E-state index is 13.3. The van der Waals surface area contributed by atoms with Crippen LogP contribution in [0.5, 0.6) is 0 Å². The number of nitrogens with one attached hydrogen (secondary N) is 1. The molecule has 1 saturated carbocycles. The molecule has 2 fully saturated rings. The molecule has 8 nitrogen and oxygen atoms in total. The van der Waals surface area contributed by atoms with Crippen molar-refractivity contribution >= 4 is 5.82 Å². The molecule has 0 unspecified atom stereocenters. The molecule has 2 atom stereocenters. The Labute approximate surface area is 188 Å². The fourth-order valence-electron chi connectivity index (χ4n) is 5.26. The Morgan fingerprint density at radius 1 is 1.21 bits per heavy atom. The Hall–Kier alpha value is -2.92. The van der Waals surface area contributed by atoms with E-state index < -0.39 is 23.2 Å². The van der Waals surface area contributed by atoms with Gasteiger partial charge in [0.1, 0.15) is 17.2 Å². The Balaban J connectivity index is 1.33. The Morgan fingerprint density at radius 2 is 2.06 bits per heavy atom. The first kappa shape index (κ1) is 20.7. The van der Waals surface area contributed by atoms with Crippen LogP contribution in [0, 0.1) is 5.92 Å². The van der Waals surface area contributed by atoms with Gasteiger partial charge in [0.05, 0.1) is 36.1 Å². The number of pyridine rings is 1. The molecule has 0 aromatic carbocycles. The lowest BCUT2D eigenvalue weighted by Gasteiger charge is -2.35. The first-order chi connectivity index (χ1) is 15.8. The molecule has 3 aromatic heterocycles. The van der Waals surface area contributed by atoms with Crippen molar-refractivity contribution in [3.63, 3.8) is 0 Å². The van der Waals surface area contributed by atoms with Crippen LogP contribution in [-0.4, -0.2) is 49.3 Å². The normalized spacial score (nSPS) is 24.3. The number of aromatic nitrogens is 5. The molecular weight excluding hydrogens is 435 g/mol. The van der Waals surface area contributed by atoms with Gasteiger partial charge in [-0.15, -0.1) is 0 Å². The van der Waals surface area contributed by atoms with Crippen molar-refractivity contribution in [1.29, 1.82) is 0 Å². The van der Waals surface area contributed by atoms with Gasteiger partial charge < -0.3 is 15.5 Å². The summed E-state index contributed by atoms with van der Waals surface area (Å²) in [5.41, 5.74) is 5.60. The summed E-state index contributed by atoms with van der Waals surface area (Å²) in [5.74, 6) is 1.02. The second-order valence-corrected chi connectivity index (χ2v) is 9.11. The Morgan fingerprint density at radius 3 is 2.79 bits per heavy atom. The van der Waals surface area contributed by atoms with E-state index in [9.17, 15) is 13.2 Å². The van der Waals surface area contributed by atoms with E-state index in [4.69, 9.17) is 10.5 Å². The minimum absolute atomic E-state index is 0.219. The highest BCUT2D eigenvalue weighted by atomic mass is 19.4. The number of rotatable bonds is 4. The van der Waals surface area contributed by atoms with E-state index in [1.165, 1.54) is 19.0 Å². The van der Waals surface area contributed by atoms with Crippen molar-refractivity contribution in [2.45, 2.75) is 43.6 Å². The third-order valence-electron chi connectivity index (χ3n) is 6.97. The number of nitrogen functional groups attached to an aromatic ring is 1. The monoisotopic (exact) mass is 459 g/mol. The molecule has 0 bridgehead atoms. The van der Waals surface area contributed by atoms with Gasteiger partial charge in [-0.1, -0.05) is 0 Å². The summed E-state index contributed by atoms with van der Waals surface area (Å²) in [7, 11) is 0. The number of halogens is 3. The molecule has 6 rings (SSSR count). The van der Waals surface area contributed by atoms with Gasteiger partial charge in [-0.3, -0.25) is 9.58 Å².